The van der Waals surface area contributed by atoms with Crippen LogP contribution in [0.2, 0.25) is 0 Å². The minimum absolute atomic E-state index is 0.0776. The third-order valence-corrected chi connectivity index (χ3v) is 7.15. The second-order valence-corrected chi connectivity index (χ2v) is 9.90. The standard InChI is InChI=1S/C24H37NO2/c1-16(2)18-8-10-20-19(14-18)9-11-21-23(5,12-7-13-24(20,21)6)15-25-22(26)27-17(3)4/h8,10,14,16-17,21H,7,9,11-13,15H2,1-6H3,(H,25,26). The summed E-state index contributed by atoms with van der Waals surface area (Å²) in [7, 11) is 0. The van der Waals surface area contributed by atoms with Gasteiger partial charge in [0.2, 0.25) is 0 Å². The Bertz CT molecular complexity index is 696. The summed E-state index contributed by atoms with van der Waals surface area (Å²) in [4.78, 5) is 12.0. The van der Waals surface area contributed by atoms with E-state index in [0.717, 1.165) is 6.42 Å². The zero-order valence-corrected chi connectivity index (χ0v) is 18.0. The predicted molar refractivity (Wildman–Crippen MR) is 111 cm³/mol. The molecular weight excluding hydrogens is 334 g/mol. The summed E-state index contributed by atoms with van der Waals surface area (Å²) in [6, 6.07) is 7.19. The summed E-state index contributed by atoms with van der Waals surface area (Å²) >= 11 is 0. The largest absolute Gasteiger partial charge is 0.447 e. The number of carbonyl (C=O) groups is 1. The van der Waals surface area contributed by atoms with Crippen LogP contribution in [0.25, 0.3) is 0 Å². The molecule has 150 valence electrons. The second-order valence-electron chi connectivity index (χ2n) is 9.90. The zero-order valence-electron chi connectivity index (χ0n) is 18.0. The van der Waals surface area contributed by atoms with Gasteiger partial charge in [0.05, 0.1) is 6.10 Å². The quantitative estimate of drug-likeness (QED) is 0.709. The molecule has 0 radical (unpaired) electrons. The minimum Gasteiger partial charge on any atom is -0.447 e. The predicted octanol–water partition coefficient (Wildman–Crippen LogP) is 5.95. The number of aryl methyl sites for hydroxylation is 1. The van der Waals surface area contributed by atoms with Gasteiger partial charge in [-0.2, -0.15) is 0 Å². The molecule has 3 atom stereocenters. The van der Waals surface area contributed by atoms with Crippen LogP contribution in [0.4, 0.5) is 4.79 Å². The van der Waals surface area contributed by atoms with Crippen molar-refractivity contribution in [3.63, 3.8) is 0 Å². The van der Waals surface area contributed by atoms with Gasteiger partial charge in [-0.1, -0.05) is 52.3 Å². The van der Waals surface area contributed by atoms with E-state index in [-0.39, 0.29) is 23.0 Å². The van der Waals surface area contributed by atoms with Gasteiger partial charge in [0.15, 0.2) is 0 Å². The molecule has 1 amide bonds. The van der Waals surface area contributed by atoms with E-state index < -0.39 is 0 Å². The Morgan fingerprint density at radius 2 is 1.96 bits per heavy atom. The summed E-state index contributed by atoms with van der Waals surface area (Å²) < 4.78 is 5.29. The van der Waals surface area contributed by atoms with Crippen molar-refractivity contribution in [2.24, 2.45) is 11.3 Å². The Morgan fingerprint density at radius 1 is 1.22 bits per heavy atom. The highest BCUT2D eigenvalue weighted by molar-refractivity contribution is 5.67. The molecule has 3 unspecified atom stereocenters. The lowest BCUT2D eigenvalue weighted by Crippen LogP contribution is -2.53. The number of carbonyl (C=O) groups excluding carboxylic acids is 1. The number of hydrogen-bond acceptors (Lipinski definition) is 2. The van der Waals surface area contributed by atoms with Gasteiger partial charge in [0.1, 0.15) is 0 Å². The lowest BCUT2D eigenvalue weighted by molar-refractivity contribution is 0.0236. The monoisotopic (exact) mass is 371 g/mol. The van der Waals surface area contributed by atoms with Crippen molar-refractivity contribution in [3.8, 4) is 0 Å². The highest BCUT2D eigenvalue weighted by Gasteiger charge is 2.51. The first-order valence-electron chi connectivity index (χ1n) is 10.7. The topological polar surface area (TPSA) is 38.3 Å². The van der Waals surface area contributed by atoms with Crippen molar-refractivity contribution < 1.29 is 9.53 Å². The molecule has 1 aromatic rings. The van der Waals surface area contributed by atoms with E-state index in [9.17, 15) is 4.79 Å². The fourth-order valence-electron chi connectivity index (χ4n) is 5.74. The van der Waals surface area contributed by atoms with Crippen LogP contribution in [0.1, 0.15) is 89.8 Å². The van der Waals surface area contributed by atoms with Crippen molar-refractivity contribution in [1.82, 2.24) is 5.32 Å². The first-order chi connectivity index (χ1) is 12.7. The molecular formula is C24H37NO2. The lowest BCUT2D eigenvalue weighted by atomic mass is 9.49. The molecule has 0 saturated heterocycles. The Balaban J connectivity index is 1.83. The average Bonchev–Trinajstić information content (AvgIpc) is 2.59. The number of benzene rings is 1. The van der Waals surface area contributed by atoms with Gasteiger partial charge < -0.3 is 10.1 Å². The molecule has 3 heteroatoms. The van der Waals surface area contributed by atoms with E-state index >= 15 is 0 Å². The zero-order chi connectivity index (χ0) is 19.8. The number of alkyl carbamates (subject to hydrolysis) is 1. The van der Waals surface area contributed by atoms with Crippen LogP contribution < -0.4 is 5.32 Å². The number of amides is 1. The summed E-state index contributed by atoms with van der Waals surface area (Å²) in [6.45, 7) is 13.9. The SMILES string of the molecule is CC(C)OC(=O)NCC1(C)CCCC2(C)c3ccc(C(C)C)cc3CCC12. The second kappa shape index (κ2) is 7.48. The van der Waals surface area contributed by atoms with Gasteiger partial charge >= 0.3 is 6.09 Å². The first-order valence-corrected chi connectivity index (χ1v) is 10.7. The summed E-state index contributed by atoms with van der Waals surface area (Å²) in [5.41, 5.74) is 4.89. The van der Waals surface area contributed by atoms with Crippen LogP contribution >= 0.6 is 0 Å². The van der Waals surface area contributed by atoms with Gasteiger partial charge in [0, 0.05) is 6.54 Å². The number of nitrogens with one attached hydrogen (secondary N) is 1. The average molecular weight is 372 g/mol. The van der Waals surface area contributed by atoms with Crippen LogP contribution in [0.15, 0.2) is 18.2 Å². The Kier molecular flexibility index (Phi) is 5.61. The number of ether oxygens (including phenoxy) is 1. The van der Waals surface area contributed by atoms with Gasteiger partial charge in [-0.05, 0) is 78.9 Å². The van der Waals surface area contributed by atoms with E-state index in [1.807, 2.05) is 13.8 Å². The molecule has 3 rings (SSSR count). The summed E-state index contributed by atoms with van der Waals surface area (Å²) in [5.74, 6) is 1.17. The van der Waals surface area contributed by atoms with Crippen molar-refractivity contribution >= 4 is 6.09 Å². The molecule has 3 nitrogen and oxygen atoms in total. The van der Waals surface area contributed by atoms with E-state index in [4.69, 9.17) is 4.74 Å². The molecule has 0 bridgehead atoms. The maximum Gasteiger partial charge on any atom is 0.407 e. The highest BCUT2D eigenvalue weighted by Crippen LogP contribution is 2.57. The Morgan fingerprint density at radius 3 is 2.63 bits per heavy atom. The van der Waals surface area contributed by atoms with E-state index in [0.29, 0.717) is 18.4 Å². The molecule has 0 spiro atoms. The highest BCUT2D eigenvalue weighted by atomic mass is 16.6. The normalized spacial score (nSPS) is 30.0. The molecule has 0 aromatic heterocycles. The van der Waals surface area contributed by atoms with Crippen molar-refractivity contribution in [2.45, 2.75) is 91.1 Å². The molecule has 0 heterocycles. The smallest absolute Gasteiger partial charge is 0.407 e. The molecule has 27 heavy (non-hydrogen) atoms. The van der Waals surface area contributed by atoms with Gasteiger partial charge in [0.25, 0.3) is 0 Å². The summed E-state index contributed by atoms with van der Waals surface area (Å²) in [6.07, 6.45) is 5.65. The Labute approximate surface area is 165 Å². The van der Waals surface area contributed by atoms with Crippen LogP contribution in [-0.4, -0.2) is 18.7 Å². The van der Waals surface area contributed by atoms with Crippen LogP contribution in [0, 0.1) is 11.3 Å². The fraction of sp³-hybridized carbons (Fsp3) is 0.708. The maximum absolute atomic E-state index is 12.0. The maximum atomic E-state index is 12.0. The van der Waals surface area contributed by atoms with Crippen molar-refractivity contribution in [2.75, 3.05) is 6.54 Å². The van der Waals surface area contributed by atoms with E-state index in [1.54, 1.807) is 11.1 Å². The molecule has 1 saturated carbocycles. The summed E-state index contributed by atoms with van der Waals surface area (Å²) in [5, 5.41) is 3.06. The lowest BCUT2D eigenvalue weighted by Gasteiger charge is -2.55. The van der Waals surface area contributed by atoms with Crippen LogP contribution in [0.3, 0.4) is 0 Å². The van der Waals surface area contributed by atoms with Crippen LogP contribution in [-0.2, 0) is 16.6 Å². The Hall–Kier alpha value is -1.51. The molecule has 0 aliphatic heterocycles. The molecule has 1 N–H and O–H groups in total. The van der Waals surface area contributed by atoms with Crippen LogP contribution in [0.5, 0.6) is 0 Å². The number of rotatable bonds is 4. The first kappa shape index (κ1) is 20.2. The molecule has 1 fully saturated rings. The number of fused-ring (bicyclic) bond motifs is 3. The molecule has 2 aliphatic rings. The van der Waals surface area contributed by atoms with Crippen molar-refractivity contribution in [3.05, 3.63) is 34.9 Å². The van der Waals surface area contributed by atoms with Gasteiger partial charge in [-0.3, -0.25) is 0 Å². The fourth-order valence-corrected chi connectivity index (χ4v) is 5.74. The minimum atomic E-state index is -0.281. The number of hydrogen-bond donors (Lipinski definition) is 1. The van der Waals surface area contributed by atoms with E-state index in [2.05, 4.69) is 51.2 Å². The van der Waals surface area contributed by atoms with Gasteiger partial charge in [-0.15, -0.1) is 0 Å². The molecule has 2 aliphatic carbocycles. The third-order valence-electron chi connectivity index (χ3n) is 7.15. The third kappa shape index (κ3) is 3.88. The molecule has 1 aromatic carbocycles. The van der Waals surface area contributed by atoms with Crippen molar-refractivity contribution in [1.29, 1.82) is 0 Å². The van der Waals surface area contributed by atoms with Gasteiger partial charge in [-0.25, -0.2) is 4.79 Å². The van der Waals surface area contributed by atoms with E-state index in [1.165, 1.54) is 31.2 Å².